The van der Waals surface area contributed by atoms with Crippen LogP contribution in [0.5, 0.6) is 0 Å². The number of hydrogen-bond acceptors (Lipinski definition) is 2. The van der Waals surface area contributed by atoms with Gasteiger partial charge in [0.1, 0.15) is 0 Å². The lowest BCUT2D eigenvalue weighted by atomic mass is 9.97. The number of aliphatic hydroxyl groups excluding tert-OH is 1. The van der Waals surface area contributed by atoms with Crippen molar-refractivity contribution in [1.82, 2.24) is 4.90 Å². The molecule has 0 spiro atoms. The summed E-state index contributed by atoms with van der Waals surface area (Å²) in [5, 5.41) is 9.45. The molecule has 2 atom stereocenters. The fraction of sp³-hybridized carbons (Fsp3) is 0.700. The van der Waals surface area contributed by atoms with Crippen LogP contribution >= 0.6 is 0 Å². The normalized spacial score (nSPS) is 29.6. The largest absolute Gasteiger partial charge is 0.393 e. The average Bonchev–Trinajstić information content (AvgIpc) is 2.10. The number of carbonyl (C=O) groups is 1. The first-order valence-corrected chi connectivity index (χ1v) is 4.74. The van der Waals surface area contributed by atoms with Crippen LogP contribution in [0.2, 0.25) is 0 Å². The summed E-state index contributed by atoms with van der Waals surface area (Å²) >= 11 is 0. The van der Waals surface area contributed by atoms with Gasteiger partial charge in [-0.2, -0.15) is 0 Å². The Morgan fingerprint density at radius 1 is 1.62 bits per heavy atom. The van der Waals surface area contributed by atoms with Crippen molar-refractivity contribution in [2.45, 2.75) is 26.4 Å². The first kappa shape index (κ1) is 10.3. The summed E-state index contributed by atoms with van der Waals surface area (Å²) in [5.74, 6) is 0.254. The highest BCUT2D eigenvalue weighted by molar-refractivity contribution is 5.87. The Morgan fingerprint density at radius 3 is 2.85 bits per heavy atom. The molecule has 1 saturated heterocycles. The standard InChI is InChI=1S/C10H17NO2/c1-3-4-10(13)11-6-5-9(12)8(2)7-11/h3-4,8-9,12H,5-7H2,1-2H3/b4-3+. The molecule has 1 heterocycles. The third-order valence-electron chi connectivity index (χ3n) is 2.48. The molecule has 1 fully saturated rings. The molecule has 3 nitrogen and oxygen atoms in total. The second-order valence-electron chi connectivity index (χ2n) is 3.62. The number of aliphatic hydroxyl groups is 1. The smallest absolute Gasteiger partial charge is 0.246 e. The van der Waals surface area contributed by atoms with Crippen LogP contribution in [-0.4, -0.2) is 35.1 Å². The van der Waals surface area contributed by atoms with Crippen LogP contribution in [0.1, 0.15) is 20.3 Å². The van der Waals surface area contributed by atoms with Crippen LogP contribution in [0.25, 0.3) is 0 Å². The predicted molar refractivity (Wildman–Crippen MR) is 51.2 cm³/mol. The van der Waals surface area contributed by atoms with Gasteiger partial charge >= 0.3 is 0 Å². The summed E-state index contributed by atoms with van der Waals surface area (Å²) in [5.41, 5.74) is 0. The van der Waals surface area contributed by atoms with Crippen LogP contribution in [-0.2, 0) is 4.79 Å². The molecule has 1 rings (SSSR count). The summed E-state index contributed by atoms with van der Waals surface area (Å²) in [6, 6.07) is 0. The Morgan fingerprint density at radius 2 is 2.31 bits per heavy atom. The van der Waals surface area contributed by atoms with Crippen molar-refractivity contribution < 1.29 is 9.90 Å². The van der Waals surface area contributed by atoms with E-state index < -0.39 is 0 Å². The molecular weight excluding hydrogens is 166 g/mol. The van der Waals surface area contributed by atoms with Crippen molar-refractivity contribution in [2.75, 3.05) is 13.1 Å². The summed E-state index contributed by atoms with van der Waals surface area (Å²) in [4.78, 5) is 13.2. The van der Waals surface area contributed by atoms with Crippen LogP contribution in [0, 0.1) is 5.92 Å². The van der Waals surface area contributed by atoms with E-state index in [2.05, 4.69) is 0 Å². The van der Waals surface area contributed by atoms with E-state index in [-0.39, 0.29) is 17.9 Å². The molecule has 74 valence electrons. The molecule has 1 aliphatic rings. The minimum atomic E-state index is -0.241. The number of allylic oxidation sites excluding steroid dienone is 1. The van der Waals surface area contributed by atoms with Crippen molar-refractivity contribution in [2.24, 2.45) is 5.92 Å². The number of rotatable bonds is 1. The van der Waals surface area contributed by atoms with E-state index in [1.807, 2.05) is 13.8 Å². The van der Waals surface area contributed by atoms with Crippen molar-refractivity contribution in [3.05, 3.63) is 12.2 Å². The van der Waals surface area contributed by atoms with Crippen molar-refractivity contribution in [3.63, 3.8) is 0 Å². The SMILES string of the molecule is C/C=C/C(=O)N1CCC(O)C(C)C1. The van der Waals surface area contributed by atoms with Crippen molar-refractivity contribution in [1.29, 1.82) is 0 Å². The van der Waals surface area contributed by atoms with Gasteiger partial charge in [0.2, 0.25) is 5.91 Å². The zero-order valence-electron chi connectivity index (χ0n) is 8.23. The number of piperidine rings is 1. The predicted octanol–water partition coefficient (Wildman–Crippen LogP) is 0.792. The number of amides is 1. The van der Waals surface area contributed by atoms with E-state index in [1.165, 1.54) is 0 Å². The molecule has 3 heteroatoms. The Bertz CT molecular complexity index is 213. The van der Waals surface area contributed by atoms with Crippen LogP contribution in [0.4, 0.5) is 0 Å². The first-order valence-electron chi connectivity index (χ1n) is 4.74. The van der Waals surface area contributed by atoms with E-state index >= 15 is 0 Å². The van der Waals surface area contributed by atoms with E-state index in [0.29, 0.717) is 19.5 Å². The maximum Gasteiger partial charge on any atom is 0.246 e. The monoisotopic (exact) mass is 183 g/mol. The Labute approximate surface area is 79.0 Å². The minimum Gasteiger partial charge on any atom is -0.393 e. The third-order valence-corrected chi connectivity index (χ3v) is 2.48. The zero-order valence-corrected chi connectivity index (χ0v) is 8.23. The van der Waals surface area contributed by atoms with Gasteiger partial charge in [0, 0.05) is 13.1 Å². The number of nitrogens with zero attached hydrogens (tertiary/aromatic N) is 1. The maximum atomic E-state index is 11.4. The highest BCUT2D eigenvalue weighted by Gasteiger charge is 2.25. The zero-order chi connectivity index (χ0) is 9.84. The second kappa shape index (κ2) is 4.42. The van der Waals surface area contributed by atoms with Crippen molar-refractivity contribution in [3.8, 4) is 0 Å². The van der Waals surface area contributed by atoms with Gasteiger partial charge in [0.15, 0.2) is 0 Å². The molecule has 0 aromatic rings. The summed E-state index contributed by atoms with van der Waals surface area (Å²) in [6.45, 7) is 5.15. The Balaban J connectivity index is 2.50. The van der Waals surface area contributed by atoms with Gasteiger partial charge in [-0.05, 0) is 25.3 Å². The van der Waals surface area contributed by atoms with E-state index in [0.717, 1.165) is 0 Å². The van der Waals surface area contributed by atoms with Crippen LogP contribution in [0.3, 0.4) is 0 Å². The van der Waals surface area contributed by atoms with Gasteiger partial charge in [0.25, 0.3) is 0 Å². The Kier molecular flexibility index (Phi) is 3.48. The number of likely N-dealkylation sites (tertiary alicyclic amines) is 1. The topological polar surface area (TPSA) is 40.5 Å². The van der Waals surface area contributed by atoms with Crippen LogP contribution < -0.4 is 0 Å². The maximum absolute atomic E-state index is 11.4. The number of hydrogen-bond donors (Lipinski definition) is 1. The first-order chi connectivity index (χ1) is 6.15. The fourth-order valence-electron chi connectivity index (χ4n) is 1.58. The molecule has 1 amide bonds. The Hall–Kier alpha value is -0.830. The van der Waals surface area contributed by atoms with Gasteiger partial charge in [-0.3, -0.25) is 4.79 Å². The molecule has 0 aromatic carbocycles. The molecule has 0 saturated carbocycles. The quantitative estimate of drug-likeness (QED) is 0.611. The molecule has 2 unspecified atom stereocenters. The highest BCUT2D eigenvalue weighted by Crippen LogP contribution is 2.16. The fourth-order valence-corrected chi connectivity index (χ4v) is 1.58. The lowest BCUT2D eigenvalue weighted by molar-refractivity contribution is -0.129. The summed E-state index contributed by atoms with van der Waals surface area (Å²) in [7, 11) is 0. The molecule has 0 bridgehead atoms. The molecule has 13 heavy (non-hydrogen) atoms. The molecular formula is C10H17NO2. The van der Waals surface area contributed by atoms with Crippen molar-refractivity contribution >= 4 is 5.91 Å². The molecule has 1 aliphatic heterocycles. The van der Waals surface area contributed by atoms with Gasteiger partial charge in [-0.1, -0.05) is 13.0 Å². The van der Waals surface area contributed by atoms with Crippen LogP contribution in [0.15, 0.2) is 12.2 Å². The molecule has 1 N–H and O–H groups in total. The molecule has 0 aliphatic carbocycles. The van der Waals surface area contributed by atoms with Gasteiger partial charge in [-0.25, -0.2) is 0 Å². The number of carbonyl (C=O) groups excluding carboxylic acids is 1. The van der Waals surface area contributed by atoms with E-state index in [1.54, 1.807) is 17.1 Å². The molecule has 0 radical (unpaired) electrons. The van der Waals surface area contributed by atoms with E-state index in [9.17, 15) is 9.90 Å². The minimum absolute atomic E-state index is 0.0567. The van der Waals surface area contributed by atoms with Gasteiger partial charge in [-0.15, -0.1) is 0 Å². The lowest BCUT2D eigenvalue weighted by Gasteiger charge is -2.33. The second-order valence-corrected chi connectivity index (χ2v) is 3.62. The van der Waals surface area contributed by atoms with Gasteiger partial charge < -0.3 is 10.0 Å². The highest BCUT2D eigenvalue weighted by atomic mass is 16.3. The molecule has 0 aromatic heterocycles. The lowest BCUT2D eigenvalue weighted by Crippen LogP contribution is -2.44. The summed E-state index contributed by atoms with van der Waals surface area (Å²) < 4.78 is 0. The average molecular weight is 183 g/mol. The van der Waals surface area contributed by atoms with E-state index in [4.69, 9.17) is 0 Å². The summed E-state index contributed by atoms with van der Waals surface area (Å²) in [6.07, 6.45) is 3.78. The third kappa shape index (κ3) is 2.56. The van der Waals surface area contributed by atoms with Gasteiger partial charge in [0.05, 0.1) is 6.10 Å².